The molecular formula is C21H19N5S. The van der Waals surface area contributed by atoms with Crippen LogP contribution in [-0.2, 0) is 6.54 Å². The van der Waals surface area contributed by atoms with Crippen molar-refractivity contribution >= 4 is 22.8 Å². The number of rotatable bonds is 4. The minimum Gasteiger partial charge on any atom is -0.298 e. The molecule has 0 N–H and O–H groups in total. The minimum absolute atomic E-state index is 0.543. The van der Waals surface area contributed by atoms with Gasteiger partial charge in [-0.05, 0) is 60.3 Å². The number of aromatic nitrogens is 4. The number of likely N-dealkylation sites (tertiary alicyclic amines) is 1. The standard InChI is InChI=1S/C21H19N5S/c1-2-18(21-19(3-1)24-27-25-21)14-26-11-7-17(13-26)16-6-10-23-20(12-16)15-4-8-22-9-5-15/h1-6,8-10,12,17H,7,11,13-14H2/t17-/m0/s1. The monoisotopic (exact) mass is 373 g/mol. The quantitative estimate of drug-likeness (QED) is 0.538. The van der Waals surface area contributed by atoms with E-state index in [4.69, 9.17) is 0 Å². The van der Waals surface area contributed by atoms with Crippen molar-refractivity contribution in [1.82, 2.24) is 23.6 Å². The van der Waals surface area contributed by atoms with E-state index in [9.17, 15) is 0 Å². The van der Waals surface area contributed by atoms with Crippen molar-refractivity contribution in [3.63, 3.8) is 0 Å². The summed E-state index contributed by atoms with van der Waals surface area (Å²) >= 11 is 1.29. The smallest absolute Gasteiger partial charge is 0.109 e. The fourth-order valence-corrected chi connectivity index (χ4v) is 4.43. The lowest BCUT2D eigenvalue weighted by molar-refractivity contribution is 0.328. The van der Waals surface area contributed by atoms with Crippen LogP contribution in [-0.4, -0.2) is 36.7 Å². The lowest BCUT2D eigenvalue weighted by Crippen LogP contribution is -2.20. The van der Waals surface area contributed by atoms with E-state index in [2.05, 4.69) is 47.9 Å². The van der Waals surface area contributed by atoms with Gasteiger partial charge in [-0.25, -0.2) is 0 Å². The lowest BCUT2D eigenvalue weighted by Gasteiger charge is -2.16. The largest absolute Gasteiger partial charge is 0.298 e. The van der Waals surface area contributed by atoms with Crippen molar-refractivity contribution in [2.45, 2.75) is 18.9 Å². The third kappa shape index (κ3) is 3.34. The summed E-state index contributed by atoms with van der Waals surface area (Å²) < 4.78 is 8.83. The van der Waals surface area contributed by atoms with Gasteiger partial charge in [-0.3, -0.25) is 14.9 Å². The Morgan fingerprint density at radius 3 is 2.89 bits per heavy atom. The predicted molar refractivity (Wildman–Crippen MR) is 108 cm³/mol. The first-order valence-electron chi connectivity index (χ1n) is 9.16. The van der Waals surface area contributed by atoms with Crippen molar-refractivity contribution in [2.24, 2.45) is 0 Å². The topological polar surface area (TPSA) is 54.8 Å². The Bertz CT molecular complexity index is 1060. The van der Waals surface area contributed by atoms with Crippen LogP contribution in [0.1, 0.15) is 23.5 Å². The maximum Gasteiger partial charge on any atom is 0.109 e. The van der Waals surface area contributed by atoms with E-state index in [0.717, 1.165) is 41.9 Å². The van der Waals surface area contributed by atoms with Crippen molar-refractivity contribution in [1.29, 1.82) is 0 Å². The Balaban J connectivity index is 1.33. The molecule has 6 heteroatoms. The van der Waals surface area contributed by atoms with Gasteiger partial charge in [0, 0.05) is 37.2 Å². The molecule has 27 heavy (non-hydrogen) atoms. The molecule has 0 saturated carbocycles. The molecule has 4 heterocycles. The van der Waals surface area contributed by atoms with Crippen LogP contribution >= 0.6 is 11.7 Å². The summed E-state index contributed by atoms with van der Waals surface area (Å²) in [6, 6.07) is 14.7. The number of pyridine rings is 2. The summed E-state index contributed by atoms with van der Waals surface area (Å²) in [5.41, 5.74) is 6.83. The van der Waals surface area contributed by atoms with Crippen LogP contribution in [0, 0.1) is 0 Å². The van der Waals surface area contributed by atoms with E-state index < -0.39 is 0 Å². The van der Waals surface area contributed by atoms with Gasteiger partial charge in [0.15, 0.2) is 0 Å². The first-order valence-corrected chi connectivity index (χ1v) is 9.89. The van der Waals surface area contributed by atoms with Crippen LogP contribution in [0.3, 0.4) is 0 Å². The normalized spacial score (nSPS) is 17.6. The fourth-order valence-electron chi connectivity index (χ4n) is 3.86. The molecule has 3 aromatic heterocycles. The number of hydrogen-bond donors (Lipinski definition) is 0. The van der Waals surface area contributed by atoms with Crippen LogP contribution in [0.4, 0.5) is 0 Å². The van der Waals surface area contributed by atoms with Gasteiger partial charge in [-0.2, -0.15) is 8.75 Å². The molecule has 0 spiro atoms. The van der Waals surface area contributed by atoms with Crippen LogP contribution < -0.4 is 0 Å². The highest BCUT2D eigenvalue weighted by Crippen LogP contribution is 2.30. The Kier molecular flexibility index (Phi) is 4.35. The summed E-state index contributed by atoms with van der Waals surface area (Å²) in [6.45, 7) is 3.10. The molecule has 0 unspecified atom stereocenters. The van der Waals surface area contributed by atoms with E-state index in [1.807, 2.05) is 36.8 Å². The van der Waals surface area contributed by atoms with Gasteiger partial charge in [-0.15, -0.1) is 0 Å². The van der Waals surface area contributed by atoms with Gasteiger partial charge in [0.05, 0.1) is 17.4 Å². The molecule has 0 aliphatic carbocycles. The Morgan fingerprint density at radius 1 is 1.04 bits per heavy atom. The molecule has 5 rings (SSSR count). The highest BCUT2D eigenvalue weighted by molar-refractivity contribution is 7.00. The summed E-state index contributed by atoms with van der Waals surface area (Å²) in [7, 11) is 0. The van der Waals surface area contributed by atoms with Crippen molar-refractivity contribution in [3.05, 3.63) is 72.2 Å². The summed E-state index contributed by atoms with van der Waals surface area (Å²) in [6.07, 6.45) is 6.73. The summed E-state index contributed by atoms with van der Waals surface area (Å²) in [5.74, 6) is 0.543. The van der Waals surface area contributed by atoms with E-state index in [-0.39, 0.29) is 0 Å². The number of hydrogen-bond acceptors (Lipinski definition) is 6. The zero-order valence-corrected chi connectivity index (χ0v) is 15.6. The molecule has 0 amide bonds. The molecule has 5 nitrogen and oxygen atoms in total. The van der Waals surface area contributed by atoms with Gasteiger partial charge in [-0.1, -0.05) is 12.1 Å². The molecule has 1 atom stereocenters. The second kappa shape index (κ2) is 7.13. The molecule has 0 bridgehead atoms. The van der Waals surface area contributed by atoms with Crippen LogP contribution in [0.2, 0.25) is 0 Å². The molecule has 1 aliphatic rings. The van der Waals surface area contributed by atoms with E-state index in [0.29, 0.717) is 5.92 Å². The Labute approximate surface area is 162 Å². The molecule has 1 aliphatic heterocycles. The van der Waals surface area contributed by atoms with Gasteiger partial charge < -0.3 is 0 Å². The Hall–Kier alpha value is -2.70. The summed E-state index contributed by atoms with van der Waals surface area (Å²) in [4.78, 5) is 11.2. The van der Waals surface area contributed by atoms with E-state index in [1.165, 1.54) is 29.3 Å². The minimum atomic E-state index is 0.543. The molecule has 0 radical (unpaired) electrons. The lowest BCUT2D eigenvalue weighted by atomic mass is 9.97. The fraction of sp³-hybridized carbons (Fsp3) is 0.238. The second-order valence-corrected chi connectivity index (χ2v) is 7.51. The van der Waals surface area contributed by atoms with E-state index >= 15 is 0 Å². The Morgan fingerprint density at radius 2 is 1.96 bits per heavy atom. The zero-order chi connectivity index (χ0) is 18.1. The highest BCUT2D eigenvalue weighted by atomic mass is 32.1. The SMILES string of the molecule is c1cc(CN2CC[C@H](c3ccnc(-c4ccncc4)c3)C2)c2nsnc2c1. The first-order chi connectivity index (χ1) is 13.4. The number of fused-ring (bicyclic) bond motifs is 1. The van der Waals surface area contributed by atoms with Crippen molar-refractivity contribution < 1.29 is 0 Å². The molecule has 1 fully saturated rings. The predicted octanol–water partition coefficient (Wildman–Crippen LogP) is 4.14. The van der Waals surface area contributed by atoms with Gasteiger partial charge in [0.2, 0.25) is 0 Å². The van der Waals surface area contributed by atoms with Crippen LogP contribution in [0.15, 0.2) is 61.1 Å². The van der Waals surface area contributed by atoms with Gasteiger partial charge >= 0.3 is 0 Å². The van der Waals surface area contributed by atoms with E-state index in [1.54, 1.807) is 0 Å². The van der Waals surface area contributed by atoms with Crippen LogP contribution in [0.5, 0.6) is 0 Å². The maximum atomic E-state index is 4.54. The average Bonchev–Trinajstić information content (AvgIpc) is 3.39. The molecule has 4 aromatic rings. The zero-order valence-electron chi connectivity index (χ0n) is 14.8. The summed E-state index contributed by atoms with van der Waals surface area (Å²) in [5, 5.41) is 0. The average molecular weight is 373 g/mol. The molecule has 1 saturated heterocycles. The van der Waals surface area contributed by atoms with Crippen LogP contribution in [0.25, 0.3) is 22.3 Å². The first kappa shape index (κ1) is 16.5. The number of nitrogens with zero attached hydrogens (tertiary/aromatic N) is 5. The second-order valence-electron chi connectivity index (χ2n) is 6.98. The van der Waals surface area contributed by atoms with Crippen molar-refractivity contribution in [3.8, 4) is 11.3 Å². The molecular weight excluding hydrogens is 354 g/mol. The highest BCUT2D eigenvalue weighted by Gasteiger charge is 2.25. The van der Waals surface area contributed by atoms with Gasteiger partial charge in [0.25, 0.3) is 0 Å². The molecule has 1 aromatic carbocycles. The number of benzene rings is 1. The van der Waals surface area contributed by atoms with Crippen molar-refractivity contribution in [2.75, 3.05) is 13.1 Å². The van der Waals surface area contributed by atoms with Gasteiger partial charge in [0.1, 0.15) is 11.0 Å². The third-order valence-electron chi connectivity index (χ3n) is 5.27. The molecule has 134 valence electrons. The third-order valence-corrected chi connectivity index (χ3v) is 5.81. The maximum absolute atomic E-state index is 4.54.